The zero-order chi connectivity index (χ0) is 24.4. The summed E-state index contributed by atoms with van der Waals surface area (Å²) in [5.74, 6) is 0.624. The lowest BCUT2D eigenvalue weighted by atomic mass is 10.1. The van der Waals surface area contributed by atoms with Crippen molar-refractivity contribution in [1.29, 1.82) is 0 Å². The van der Waals surface area contributed by atoms with Gasteiger partial charge in [0.15, 0.2) is 0 Å². The summed E-state index contributed by atoms with van der Waals surface area (Å²) in [6.07, 6.45) is 2.34. The number of urea groups is 1. The molecule has 0 aliphatic carbocycles. The zero-order valence-corrected chi connectivity index (χ0v) is 20.7. The molecule has 0 radical (unpaired) electrons. The van der Waals surface area contributed by atoms with Gasteiger partial charge in [0.2, 0.25) is 5.91 Å². The highest BCUT2D eigenvalue weighted by molar-refractivity contribution is 5.84. The molecule has 0 atom stereocenters. The molecular weight excluding hydrogens is 432 g/mol. The van der Waals surface area contributed by atoms with E-state index in [0.717, 1.165) is 30.8 Å². The standard InChI is InChI=1S/C26H38N4O4/c1-26(2,3)27-25(32)30(14-13-28-15-18-33-19-16-28)21-24(31)29(20-23-10-7-17-34-23)12-11-22-8-5-4-6-9-22/h4-10,17H,11-16,18-21H2,1-3H3,(H,27,32). The molecule has 0 spiro atoms. The van der Waals surface area contributed by atoms with Gasteiger partial charge < -0.3 is 24.3 Å². The van der Waals surface area contributed by atoms with Crippen molar-refractivity contribution in [3.63, 3.8) is 0 Å². The van der Waals surface area contributed by atoms with E-state index < -0.39 is 5.54 Å². The van der Waals surface area contributed by atoms with Gasteiger partial charge in [0.05, 0.1) is 26.0 Å². The van der Waals surface area contributed by atoms with Gasteiger partial charge in [-0.2, -0.15) is 0 Å². The summed E-state index contributed by atoms with van der Waals surface area (Å²) < 4.78 is 10.9. The number of hydrogen-bond acceptors (Lipinski definition) is 5. The highest BCUT2D eigenvalue weighted by Gasteiger charge is 2.25. The molecule has 0 saturated carbocycles. The van der Waals surface area contributed by atoms with Gasteiger partial charge in [-0.3, -0.25) is 9.69 Å². The molecule has 2 heterocycles. The van der Waals surface area contributed by atoms with E-state index in [0.29, 0.717) is 39.4 Å². The fourth-order valence-corrected chi connectivity index (χ4v) is 3.79. The van der Waals surface area contributed by atoms with E-state index in [9.17, 15) is 9.59 Å². The van der Waals surface area contributed by atoms with Crippen LogP contribution in [0.15, 0.2) is 53.1 Å². The number of nitrogens with zero attached hydrogens (tertiary/aromatic N) is 3. The number of rotatable bonds is 10. The van der Waals surface area contributed by atoms with Gasteiger partial charge in [-0.05, 0) is 44.9 Å². The number of carbonyl (C=O) groups is 2. The molecule has 1 aliphatic heterocycles. The highest BCUT2D eigenvalue weighted by Crippen LogP contribution is 2.10. The lowest BCUT2D eigenvalue weighted by molar-refractivity contribution is -0.132. The highest BCUT2D eigenvalue weighted by atomic mass is 16.5. The summed E-state index contributed by atoms with van der Waals surface area (Å²) in [6, 6.07) is 13.6. The van der Waals surface area contributed by atoms with E-state index in [-0.39, 0.29) is 18.5 Å². The summed E-state index contributed by atoms with van der Waals surface area (Å²) in [5.41, 5.74) is 0.771. The van der Waals surface area contributed by atoms with Crippen molar-refractivity contribution >= 4 is 11.9 Å². The molecule has 0 unspecified atom stereocenters. The first-order valence-electron chi connectivity index (χ1n) is 12.0. The number of amides is 3. The first-order valence-corrected chi connectivity index (χ1v) is 12.0. The molecule has 1 saturated heterocycles. The van der Waals surface area contributed by atoms with Gasteiger partial charge in [-0.1, -0.05) is 30.3 Å². The van der Waals surface area contributed by atoms with Crippen molar-refractivity contribution in [3.8, 4) is 0 Å². The quantitative estimate of drug-likeness (QED) is 0.578. The van der Waals surface area contributed by atoms with Crippen molar-refractivity contribution in [2.75, 3.05) is 52.5 Å². The van der Waals surface area contributed by atoms with E-state index >= 15 is 0 Å². The predicted molar refractivity (Wildman–Crippen MR) is 131 cm³/mol. The minimum Gasteiger partial charge on any atom is -0.467 e. The van der Waals surface area contributed by atoms with Gasteiger partial charge >= 0.3 is 6.03 Å². The Hall–Kier alpha value is -2.84. The van der Waals surface area contributed by atoms with Crippen LogP contribution in [0, 0.1) is 0 Å². The predicted octanol–water partition coefficient (Wildman–Crippen LogP) is 2.99. The fourth-order valence-electron chi connectivity index (χ4n) is 3.79. The van der Waals surface area contributed by atoms with Gasteiger partial charge in [0.1, 0.15) is 12.3 Å². The molecule has 1 aromatic heterocycles. The molecule has 1 aliphatic rings. The second kappa shape index (κ2) is 12.6. The Morgan fingerprint density at radius 1 is 1.00 bits per heavy atom. The average molecular weight is 471 g/mol. The van der Waals surface area contributed by atoms with E-state index in [2.05, 4.69) is 22.3 Å². The van der Waals surface area contributed by atoms with Crippen LogP contribution in [0.25, 0.3) is 0 Å². The molecule has 0 bridgehead atoms. The number of hydrogen-bond donors (Lipinski definition) is 1. The van der Waals surface area contributed by atoms with Crippen LogP contribution in [-0.4, -0.2) is 84.7 Å². The Balaban J connectivity index is 1.68. The molecule has 3 amide bonds. The van der Waals surface area contributed by atoms with Gasteiger partial charge in [-0.25, -0.2) is 4.79 Å². The third kappa shape index (κ3) is 8.83. The molecule has 34 heavy (non-hydrogen) atoms. The largest absolute Gasteiger partial charge is 0.467 e. The Bertz CT molecular complexity index is 874. The number of morpholine rings is 1. The van der Waals surface area contributed by atoms with E-state index in [1.807, 2.05) is 51.1 Å². The van der Waals surface area contributed by atoms with E-state index in [4.69, 9.17) is 9.15 Å². The fraction of sp³-hybridized carbons (Fsp3) is 0.538. The number of nitrogens with one attached hydrogen (secondary N) is 1. The zero-order valence-electron chi connectivity index (χ0n) is 20.7. The molecule has 3 rings (SSSR count). The normalized spacial score (nSPS) is 14.6. The monoisotopic (exact) mass is 470 g/mol. The summed E-state index contributed by atoms with van der Waals surface area (Å²) in [5, 5.41) is 3.01. The molecule has 8 heteroatoms. The third-order valence-corrected chi connectivity index (χ3v) is 5.68. The van der Waals surface area contributed by atoms with Crippen molar-refractivity contribution in [2.24, 2.45) is 0 Å². The van der Waals surface area contributed by atoms with Crippen molar-refractivity contribution < 1.29 is 18.7 Å². The first kappa shape index (κ1) is 25.8. The molecule has 1 fully saturated rings. The summed E-state index contributed by atoms with van der Waals surface area (Å²) in [7, 11) is 0. The Labute approximate surface area is 202 Å². The molecular formula is C26H38N4O4. The Morgan fingerprint density at radius 2 is 1.74 bits per heavy atom. The van der Waals surface area contributed by atoms with Crippen LogP contribution < -0.4 is 5.32 Å². The van der Waals surface area contributed by atoms with Gasteiger partial charge in [-0.15, -0.1) is 0 Å². The summed E-state index contributed by atoms with van der Waals surface area (Å²) in [4.78, 5) is 32.2. The van der Waals surface area contributed by atoms with Crippen LogP contribution >= 0.6 is 0 Å². The van der Waals surface area contributed by atoms with Crippen LogP contribution in [0.4, 0.5) is 4.79 Å². The second-order valence-electron chi connectivity index (χ2n) is 9.69. The van der Waals surface area contributed by atoms with Crippen LogP contribution in [0.2, 0.25) is 0 Å². The topological polar surface area (TPSA) is 78.3 Å². The van der Waals surface area contributed by atoms with Gasteiger partial charge in [0, 0.05) is 38.3 Å². The van der Waals surface area contributed by atoms with Crippen molar-refractivity contribution in [1.82, 2.24) is 20.0 Å². The van der Waals surface area contributed by atoms with E-state index in [1.54, 1.807) is 16.1 Å². The number of furan rings is 1. The molecule has 8 nitrogen and oxygen atoms in total. The lowest BCUT2D eigenvalue weighted by Crippen LogP contribution is -2.53. The summed E-state index contributed by atoms with van der Waals surface area (Å²) >= 11 is 0. The number of benzene rings is 1. The molecule has 1 N–H and O–H groups in total. The minimum atomic E-state index is -0.390. The molecule has 2 aromatic rings. The minimum absolute atomic E-state index is 0.0156. The third-order valence-electron chi connectivity index (χ3n) is 5.68. The maximum atomic E-state index is 13.5. The van der Waals surface area contributed by atoms with Crippen molar-refractivity contribution in [2.45, 2.75) is 39.3 Å². The maximum absolute atomic E-state index is 13.5. The summed E-state index contributed by atoms with van der Waals surface area (Å²) in [6.45, 7) is 11.0. The first-order chi connectivity index (χ1) is 16.3. The SMILES string of the molecule is CC(C)(C)NC(=O)N(CCN1CCOCC1)CC(=O)N(CCc1ccccc1)Cc1ccco1. The van der Waals surface area contributed by atoms with E-state index in [1.165, 1.54) is 0 Å². The van der Waals surface area contributed by atoms with Crippen molar-refractivity contribution in [3.05, 3.63) is 60.1 Å². The smallest absolute Gasteiger partial charge is 0.318 e. The maximum Gasteiger partial charge on any atom is 0.318 e. The van der Waals surface area contributed by atoms with Gasteiger partial charge in [0.25, 0.3) is 0 Å². The van der Waals surface area contributed by atoms with Crippen LogP contribution in [0.5, 0.6) is 0 Å². The van der Waals surface area contributed by atoms with Crippen LogP contribution in [0.3, 0.4) is 0 Å². The second-order valence-corrected chi connectivity index (χ2v) is 9.69. The molecule has 186 valence electrons. The Morgan fingerprint density at radius 3 is 2.38 bits per heavy atom. The number of ether oxygens (including phenoxy) is 1. The van der Waals surface area contributed by atoms with Crippen LogP contribution in [-0.2, 0) is 22.5 Å². The average Bonchev–Trinajstić information content (AvgIpc) is 3.32. The molecule has 1 aromatic carbocycles. The van der Waals surface area contributed by atoms with Crippen LogP contribution in [0.1, 0.15) is 32.1 Å². The Kier molecular flexibility index (Phi) is 9.53. The number of carbonyl (C=O) groups excluding carboxylic acids is 2. The lowest BCUT2D eigenvalue weighted by Gasteiger charge is -2.33.